The third-order valence-electron chi connectivity index (χ3n) is 6.97. The lowest BCUT2D eigenvalue weighted by Gasteiger charge is -2.42. The average molecular weight is 454 g/mol. The van der Waals surface area contributed by atoms with Crippen molar-refractivity contribution in [2.24, 2.45) is 11.3 Å². The van der Waals surface area contributed by atoms with E-state index in [9.17, 15) is 27.6 Å². The number of halogens is 3. The van der Waals surface area contributed by atoms with Gasteiger partial charge in [-0.15, -0.1) is 0 Å². The first-order chi connectivity index (χ1) is 14.9. The summed E-state index contributed by atoms with van der Waals surface area (Å²) in [7, 11) is 0. The van der Waals surface area contributed by atoms with E-state index in [1.54, 1.807) is 0 Å². The molecule has 0 bridgehead atoms. The number of alkyl halides is 3. The van der Waals surface area contributed by atoms with Crippen molar-refractivity contribution in [1.82, 2.24) is 15.6 Å². The zero-order chi connectivity index (χ0) is 23.7. The Morgan fingerprint density at radius 2 is 1.81 bits per heavy atom. The smallest absolute Gasteiger partial charge is 0.323 e. The summed E-state index contributed by atoms with van der Waals surface area (Å²) in [6.07, 6.45) is -0.994. The number of nitrogens with zero attached hydrogens (tertiary/aromatic N) is 1. The Morgan fingerprint density at radius 1 is 1.19 bits per heavy atom. The van der Waals surface area contributed by atoms with E-state index in [1.165, 1.54) is 18.2 Å². The number of urea groups is 1. The van der Waals surface area contributed by atoms with Crippen molar-refractivity contribution in [3.63, 3.8) is 0 Å². The van der Waals surface area contributed by atoms with E-state index in [0.717, 1.165) is 30.2 Å². The van der Waals surface area contributed by atoms with Crippen molar-refractivity contribution in [2.75, 3.05) is 12.0 Å². The van der Waals surface area contributed by atoms with Crippen LogP contribution >= 0.6 is 0 Å². The van der Waals surface area contributed by atoms with Crippen LogP contribution in [0.1, 0.15) is 58.4 Å². The first-order valence-corrected chi connectivity index (χ1v) is 10.7. The van der Waals surface area contributed by atoms with Crippen molar-refractivity contribution in [2.45, 2.75) is 64.6 Å². The summed E-state index contributed by atoms with van der Waals surface area (Å²) in [5.41, 5.74) is 2.24. The van der Waals surface area contributed by atoms with Crippen molar-refractivity contribution in [1.29, 1.82) is 0 Å². The van der Waals surface area contributed by atoms with Gasteiger partial charge >= 0.3 is 12.2 Å². The minimum Gasteiger partial charge on any atom is -0.323 e. The Balaban J connectivity index is 1.60. The summed E-state index contributed by atoms with van der Waals surface area (Å²) in [4.78, 5) is 38.6. The number of hydrazine groups is 1. The third kappa shape index (κ3) is 4.68. The monoisotopic (exact) mass is 454 g/mol. The van der Waals surface area contributed by atoms with Crippen LogP contribution in [0.5, 0.6) is 0 Å². The van der Waals surface area contributed by atoms with Gasteiger partial charge in [-0.2, -0.15) is 13.2 Å². The molecule has 3 N–H and O–H groups in total. The number of hydrogen-bond donors (Lipinski definition) is 3. The molecule has 2 fully saturated rings. The van der Waals surface area contributed by atoms with Crippen LogP contribution in [-0.4, -0.2) is 34.8 Å². The third-order valence-corrected chi connectivity index (χ3v) is 6.97. The molecule has 1 aromatic carbocycles. The molecule has 7 nitrogen and oxygen atoms in total. The Hall–Kier alpha value is -2.78. The van der Waals surface area contributed by atoms with Crippen molar-refractivity contribution < 1.29 is 27.6 Å². The van der Waals surface area contributed by atoms with Crippen LogP contribution in [-0.2, 0) is 15.8 Å². The molecule has 1 aliphatic carbocycles. The Kier molecular flexibility index (Phi) is 6.44. The zero-order valence-corrected chi connectivity index (χ0v) is 18.4. The molecule has 2 aliphatic rings. The number of carbonyl (C=O) groups excluding carboxylic acids is 3. The number of carbonyl (C=O) groups is 3. The van der Waals surface area contributed by atoms with Gasteiger partial charge in [0.2, 0.25) is 0 Å². The van der Waals surface area contributed by atoms with Gasteiger partial charge < -0.3 is 5.32 Å². The molecular formula is C22H29F3N4O3. The number of rotatable bonds is 6. The van der Waals surface area contributed by atoms with E-state index >= 15 is 0 Å². The van der Waals surface area contributed by atoms with Crippen LogP contribution in [0, 0.1) is 11.3 Å². The molecule has 0 aromatic heterocycles. The normalized spacial score (nSPS) is 23.9. The van der Waals surface area contributed by atoms with E-state index < -0.39 is 41.7 Å². The van der Waals surface area contributed by atoms with Crippen LogP contribution in [0.15, 0.2) is 24.3 Å². The molecule has 0 atom stereocenters. The number of hydrogen-bond acceptors (Lipinski definition) is 4. The highest BCUT2D eigenvalue weighted by atomic mass is 19.4. The summed E-state index contributed by atoms with van der Waals surface area (Å²) in [6, 6.07) is 4.02. The standard InChI is InChI=1S/C22H29F3N4O3/c1-4-20(2,3)14-9-11-21(12-10-14)18(31)29(19(32)26-21)13-17(30)28-27-16-8-6-5-7-15(16)22(23,24)25/h5-8,14,27H,4,9-13H2,1-3H3,(H,26,32)(H,28,30). The lowest BCUT2D eigenvalue weighted by molar-refractivity contribution is -0.137. The van der Waals surface area contributed by atoms with Gasteiger partial charge in [0, 0.05) is 0 Å². The molecule has 1 aromatic rings. The Morgan fingerprint density at radius 3 is 2.41 bits per heavy atom. The van der Waals surface area contributed by atoms with E-state index in [-0.39, 0.29) is 11.1 Å². The number of benzene rings is 1. The number of para-hydroxylation sites is 1. The number of nitrogens with one attached hydrogen (secondary N) is 3. The molecule has 4 amide bonds. The number of anilines is 1. The summed E-state index contributed by atoms with van der Waals surface area (Å²) in [6.45, 7) is 5.95. The first kappa shape index (κ1) is 23.9. The molecule has 3 rings (SSSR count). The van der Waals surface area contributed by atoms with Gasteiger partial charge in [-0.3, -0.25) is 25.3 Å². The van der Waals surface area contributed by atoms with E-state index in [4.69, 9.17) is 0 Å². The molecule has 1 aliphatic heterocycles. The minimum absolute atomic E-state index is 0.144. The molecule has 1 heterocycles. The highest BCUT2D eigenvalue weighted by Crippen LogP contribution is 2.45. The van der Waals surface area contributed by atoms with Gasteiger partial charge in [0.05, 0.1) is 11.3 Å². The molecule has 176 valence electrons. The maximum Gasteiger partial charge on any atom is 0.418 e. The minimum atomic E-state index is -4.60. The SMILES string of the molecule is CCC(C)(C)C1CCC2(CC1)NC(=O)N(CC(=O)NNc1ccccc1C(F)(F)F)C2=O. The fourth-order valence-corrected chi connectivity index (χ4v) is 4.50. The maximum atomic E-state index is 13.1. The van der Waals surface area contributed by atoms with Gasteiger partial charge in [0.1, 0.15) is 12.1 Å². The molecule has 1 spiro atoms. The predicted molar refractivity (Wildman–Crippen MR) is 112 cm³/mol. The summed E-state index contributed by atoms with van der Waals surface area (Å²) in [5, 5.41) is 2.76. The van der Waals surface area contributed by atoms with Crippen LogP contribution in [0.25, 0.3) is 0 Å². The largest absolute Gasteiger partial charge is 0.418 e. The number of imide groups is 1. The van der Waals surface area contributed by atoms with Gasteiger partial charge in [-0.25, -0.2) is 4.79 Å². The fraction of sp³-hybridized carbons (Fsp3) is 0.591. The molecule has 1 saturated heterocycles. The van der Waals surface area contributed by atoms with Crippen LogP contribution in [0.4, 0.5) is 23.7 Å². The fourth-order valence-electron chi connectivity index (χ4n) is 4.50. The van der Waals surface area contributed by atoms with Crippen molar-refractivity contribution in [3.8, 4) is 0 Å². The topological polar surface area (TPSA) is 90.5 Å². The van der Waals surface area contributed by atoms with Gasteiger partial charge in [-0.1, -0.05) is 39.3 Å². The van der Waals surface area contributed by atoms with Crippen LogP contribution < -0.4 is 16.2 Å². The van der Waals surface area contributed by atoms with Crippen LogP contribution in [0.3, 0.4) is 0 Å². The number of amides is 4. The molecule has 0 unspecified atom stereocenters. The molecule has 10 heteroatoms. The van der Waals surface area contributed by atoms with Crippen molar-refractivity contribution in [3.05, 3.63) is 29.8 Å². The van der Waals surface area contributed by atoms with E-state index in [1.807, 2.05) is 0 Å². The lowest BCUT2D eigenvalue weighted by atomic mass is 9.65. The summed E-state index contributed by atoms with van der Waals surface area (Å²) >= 11 is 0. The maximum absolute atomic E-state index is 13.1. The van der Waals surface area contributed by atoms with Gasteiger partial charge in [0.15, 0.2) is 0 Å². The van der Waals surface area contributed by atoms with E-state index in [0.29, 0.717) is 18.8 Å². The zero-order valence-electron chi connectivity index (χ0n) is 18.4. The summed E-state index contributed by atoms with van der Waals surface area (Å²) < 4.78 is 39.2. The highest BCUT2D eigenvalue weighted by molar-refractivity contribution is 6.09. The average Bonchev–Trinajstić information content (AvgIpc) is 2.96. The summed E-state index contributed by atoms with van der Waals surface area (Å²) in [5.74, 6) is -0.817. The highest BCUT2D eigenvalue weighted by Gasteiger charge is 2.53. The predicted octanol–water partition coefficient (Wildman–Crippen LogP) is 4.07. The van der Waals surface area contributed by atoms with Gasteiger partial charge in [-0.05, 0) is 49.1 Å². The van der Waals surface area contributed by atoms with E-state index in [2.05, 4.69) is 36.9 Å². The quantitative estimate of drug-likeness (QED) is 0.447. The molecule has 0 radical (unpaired) electrons. The Labute approximate surface area is 185 Å². The molecular weight excluding hydrogens is 425 g/mol. The molecule has 1 saturated carbocycles. The molecule has 32 heavy (non-hydrogen) atoms. The van der Waals surface area contributed by atoms with Crippen molar-refractivity contribution >= 4 is 23.5 Å². The first-order valence-electron chi connectivity index (χ1n) is 10.7. The Bertz CT molecular complexity index is 893. The second kappa shape index (κ2) is 8.63. The van der Waals surface area contributed by atoms with Crippen LogP contribution in [0.2, 0.25) is 0 Å². The lowest BCUT2D eigenvalue weighted by Crippen LogP contribution is -2.51. The second-order valence-electron chi connectivity index (χ2n) is 9.24. The second-order valence-corrected chi connectivity index (χ2v) is 9.24. The van der Waals surface area contributed by atoms with Gasteiger partial charge in [0.25, 0.3) is 11.8 Å².